The molecule has 1 aliphatic carbocycles. The van der Waals surface area contributed by atoms with E-state index in [1.54, 1.807) is 0 Å². The lowest BCUT2D eigenvalue weighted by Crippen LogP contribution is -2.81. The number of rotatable bonds is 6. The number of nitrogens with one attached hydrogen (secondary N) is 1. The van der Waals surface area contributed by atoms with Gasteiger partial charge in [0, 0.05) is 43.7 Å². The summed E-state index contributed by atoms with van der Waals surface area (Å²) in [5.41, 5.74) is 2.56. The molecule has 3 heterocycles. The zero-order chi connectivity index (χ0) is 33.3. The number of halogens is 1. The second-order valence-corrected chi connectivity index (χ2v) is 10.7. The van der Waals surface area contributed by atoms with E-state index >= 15 is 0 Å². The number of nitrogens with two attached hydrogens (primary N) is 1. The van der Waals surface area contributed by atoms with Crippen molar-refractivity contribution in [2.45, 2.75) is 96.5 Å². The van der Waals surface area contributed by atoms with Gasteiger partial charge in [-0.15, -0.1) is 38.5 Å². The molecule has 0 spiro atoms. The Morgan fingerprint density at radius 3 is 1.70 bits per heavy atom. The predicted molar refractivity (Wildman–Crippen MR) is 187 cm³/mol. The number of aromatic nitrogens is 1. The zero-order valence-electron chi connectivity index (χ0n) is 27.3. The van der Waals surface area contributed by atoms with Crippen molar-refractivity contribution in [1.82, 2.24) is 4.90 Å². The van der Waals surface area contributed by atoms with Gasteiger partial charge in [-0.2, -0.15) is 4.98 Å². The number of pyridine rings is 1. The monoisotopic (exact) mass is 623 g/mol. The van der Waals surface area contributed by atoms with Crippen molar-refractivity contribution in [3.63, 3.8) is 0 Å². The van der Waals surface area contributed by atoms with Gasteiger partial charge in [-0.05, 0) is 50.3 Å². The summed E-state index contributed by atoms with van der Waals surface area (Å²) in [6.07, 6.45) is 40.0. The molecular formula is C38H58ClN3O2+2. The molecule has 2 aromatic rings. The molecule has 3 aliphatic rings. The molecule has 1 saturated carbocycles. The molecule has 2 saturated heterocycles. The van der Waals surface area contributed by atoms with Gasteiger partial charge in [0.25, 0.3) is 5.15 Å². The van der Waals surface area contributed by atoms with Gasteiger partial charge in [0.15, 0.2) is 0 Å². The molecule has 5 nitrogen and oxygen atoms in total. The Kier molecular flexibility index (Phi) is 31.8. The maximum atomic E-state index is 10.1. The summed E-state index contributed by atoms with van der Waals surface area (Å²) in [5, 5.41) is 3.07. The normalized spacial score (nSPS) is 16.9. The zero-order valence-corrected chi connectivity index (χ0v) is 28.1. The number of piperidine rings is 1. The van der Waals surface area contributed by atoms with E-state index in [4.69, 9.17) is 16.3 Å². The van der Waals surface area contributed by atoms with E-state index < -0.39 is 0 Å². The van der Waals surface area contributed by atoms with Crippen molar-refractivity contribution < 1.29 is 19.8 Å². The van der Waals surface area contributed by atoms with Gasteiger partial charge in [-0.1, -0.05) is 81.8 Å². The Bertz CT molecular complexity index is 909. The maximum Gasteiger partial charge on any atom is 0.273 e. The average Bonchev–Trinajstić information content (AvgIpc) is 3.68. The molecule has 1 aromatic carbocycles. The molecule has 3 fully saturated rings. The number of hydrogen-bond donors (Lipinski definition) is 1. The number of nitrogens with zero attached hydrogens (tertiary/aromatic N) is 1. The third kappa shape index (κ3) is 20.6. The highest BCUT2D eigenvalue weighted by molar-refractivity contribution is 6.28. The van der Waals surface area contributed by atoms with E-state index in [1.165, 1.54) is 88.6 Å². The topological polar surface area (TPSA) is 60.3 Å². The average molecular weight is 624 g/mol. The van der Waals surface area contributed by atoms with Gasteiger partial charge in [0.1, 0.15) is 6.10 Å². The summed E-state index contributed by atoms with van der Waals surface area (Å²) in [6, 6.07) is 16.1. The van der Waals surface area contributed by atoms with Gasteiger partial charge in [0.05, 0.1) is 13.1 Å². The molecule has 242 valence electrons. The Morgan fingerprint density at radius 1 is 0.864 bits per heavy atom. The van der Waals surface area contributed by atoms with Crippen LogP contribution < -0.4 is 10.3 Å². The van der Waals surface area contributed by atoms with Crippen LogP contribution in [0.1, 0.15) is 108 Å². The molecule has 3 N–H and O–H groups in total. The Hall–Kier alpha value is -3.27. The standard InChI is InChI=1S/C14H21ClN2O.C6H11NO.C6H12.C6H6.3C2H2/c1-3-12(18-4-2)14-11(5-6-13(15)17-14)10-7-8-16-9-10;8-6-7-4-2-1-3-5-7;2*1-2-4-6-5-3-1;3*1-2/h5-6,10,12,16H,3-4,7-9H2,1-2H3;6H,1-5H2;1-6H2;1-6H;3*1-2H/p+2/t10-,12?;;;;;;/m0....../s1. The second-order valence-electron chi connectivity index (χ2n) is 10.3. The first-order valence-corrected chi connectivity index (χ1v) is 16.4. The number of terminal acetylenes is 3. The van der Waals surface area contributed by atoms with E-state index in [2.05, 4.69) is 61.8 Å². The number of likely N-dealkylation sites (tertiary alicyclic amines) is 1. The second kappa shape index (κ2) is 32.6. The Morgan fingerprint density at radius 2 is 1.34 bits per heavy atom. The van der Waals surface area contributed by atoms with Crippen LogP contribution in [0.15, 0.2) is 48.5 Å². The Balaban J connectivity index is 0. The van der Waals surface area contributed by atoms with Crippen LogP contribution in [0.4, 0.5) is 0 Å². The summed E-state index contributed by atoms with van der Waals surface area (Å²) in [4.78, 5) is 15.2. The van der Waals surface area contributed by atoms with E-state index in [0.717, 1.165) is 32.5 Å². The van der Waals surface area contributed by atoms with Crippen LogP contribution in [-0.2, 0) is 9.53 Å². The summed E-state index contributed by atoms with van der Waals surface area (Å²) in [7, 11) is 0. The van der Waals surface area contributed by atoms with Crippen LogP contribution in [0.25, 0.3) is 0 Å². The molecule has 2 atom stereocenters. The summed E-state index contributed by atoms with van der Waals surface area (Å²) in [5.74, 6) is 0.628. The maximum absolute atomic E-state index is 10.1. The number of hydrogen-bond acceptors (Lipinski definition) is 2. The van der Waals surface area contributed by atoms with Gasteiger partial charge in [-0.25, -0.2) is 0 Å². The third-order valence-corrected chi connectivity index (χ3v) is 7.57. The first kappa shape index (κ1) is 42.9. The smallest absolute Gasteiger partial charge is 0.273 e. The molecule has 5 rings (SSSR count). The molecule has 2 aliphatic heterocycles. The van der Waals surface area contributed by atoms with Crippen molar-refractivity contribution in [1.29, 1.82) is 0 Å². The highest BCUT2D eigenvalue weighted by Gasteiger charge is 2.30. The number of amides is 1. The molecule has 1 amide bonds. The SMILES string of the molecule is C#C.C#C.C#C.C1CCCCC1.CCOC(CC)c1[nH+]c(Cl)ccc1[C@H]1CC[NH2+]C1.O=CN1CCCCC1.c1ccccc1. The van der Waals surface area contributed by atoms with Crippen LogP contribution in [0, 0.1) is 38.5 Å². The minimum atomic E-state index is 0.129. The number of carbonyl (C=O) groups is 1. The summed E-state index contributed by atoms with van der Waals surface area (Å²) < 4.78 is 5.83. The summed E-state index contributed by atoms with van der Waals surface area (Å²) in [6.45, 7) is 9.27. The fourth-order valence-corrected chi connectivity index (χ4v) is 5.40. The van der Waals surface area contributed by atoms with Crippen molar-refractivity contribution >= 4 is 18.0 Å². The largest absolute Gasteiger partial charge is 0.367 e. The highest BCUT2D eigenvalue weighted by atomic mass is 35.5. The van der Waals surface area contributed by atoms with Crippen LogP contribution >= 0.6 is 11.6 Å². The minimum Gasteiger partial charge on any atom is -0.367 e. The van der Waals surface area contributed by atoms with Crippen LogP contribution in [-0.4, -0.2) is 44.1 Å². The van der Waals surface area contributed by atoms with Gasteiger partial charge >= 0.3 is 0 Å². The fraction of sp³-hybridized carbons (Fsp3) is 0.526. The van der Waals surface area contributed by atoms with Crippen molar-refractivity contribution in [2.75, 3.05) is 32.8 Å². The molecule has 44 heavy (non-hydrogen) atoms. The third-order valence-electron chi connectivity index (χ3n) is 7.35. The fourth-order valence-electron chi connectivity index (χ4n) is 5.23. The molecular weight excluding hydrogens is 566 g/mol. The molecule has 0 radical (unpaired) electrons. The van der Waals surface area contributed by atoms with Crippen LogP contribution in [0.2, 0.25) is 5.15 Å². The lowest BCUT2D eigenvalue weighted by molar-refractivity contribution is -0.636. The van der Waals surface area contributed by atoms with Gasteiger partial charge < -0.3 is 15.0 Å². The molecule has 6 heteroatoms. The first-order chi connectivity index (χ1) is 21.7. The first-order valence-electron chi connectivity index (χ1n) is 16.0. The quantitative estimate of drug-likeness (QED) is 0.212. The highest BCUT2D eigenvalue weighted by Crippen LogP contribution is 2.29. The van der Waals surface area contributed by atoms with E-state index in [1.807, 2.05) is 54.3 Å². The number of quaternary nitrogens is 1. The van der Waals surface area contributed by atoms with Crippen LogP contribution in [0.3, 0.4) is 0 Å². The number of H-pyrrole nitrogens is 1. The van der Waals surface area contributed by atoms with Gasteiger partial charge in [0.2, 0.25) is 12.1 Å². The summed E-state index contributed by atoms with van der Waals surface area (Å²) >= 11 is 6.11. The number of aromatic amines is 1. The predicted octanol–water partition coefficient (Wildman–Crippen LogP) is 7.10. The molecule has 1 aromatic heterocycles. The van der Waals surface area contributed by atoms with Crippen molar-refractivity contribution in [3.8, 4) is 38.5 Å². The number of benzene rings is 1. The lowest BCUT2D eigenvalue weighted by atomic mass is 9.94. The molecule has 1 unspecified atom stereocenters. The van der Waals surface area contributed by atoms with E-state index in [9.17, 15) is 4.79 Å². The molecule has 0 bridgehead atoms. The van der Waals surface area contributed by atoms with Gasteiger partial charge in [-0.3, -0.25) is 4.79 Å². The number of carbonyl (C=O) groups excluding carboxylic acids is 1. The lowest BCUT2D eigenvalue weighted by Gasteiger charge is -2.21. The van der Waals surface area contributed by atoms with Crippen LogP contribution in [0.5, 0.6) is 0 Å². The number of ether oxygens (including phenoxy) is 1. The Labute approximate surface area is 274 Å². The van der Waals surface area contributed by atoms with E-state index in [-0.39, 0.29) is 6.10 Å². The van der Waals surface area contributed by atoms with Crippen molar-refractivity contribution in [3.05, 3.63) is 64.9 Å². The van der Waals surface area contributed by atoms with Crippen molar-refractivity contribution in [2.24, 2.45) is 0 Å². The minimum absolute atomic E-state index is 0.129. The van der Waals surface area contributed by atoms with E-state index in [0.29, 0.717) is 11.1 Å².